The minimum absolute atomic E-state index is 0.145. The first kappa shape index (κ1) is 11.1. The van der Waals surface area contributed by atoms with E-state index in [1.807, 2.05) is 24.3 Å². The van der Waals surface area contributed by atoms with Crippen LogP contribution in [-0.2, 0) is 4.74 Å². The van der Waals surface area contributed by atoms with Crippen LogP contribution in [0.25, 0.3) is 0 Å². The molecule has 0 radical (unpaired) electrons. The second-order valence-electron chi connectivity index (χ2n) is 4.99. The van der Waals surface area contributed by atoms with Crippen molar-refractivity contribution in [3.05, 3.63) is 41.7 Å². The van der Waals surface area contributed by atoms with E-state index in [4.69, 9.17) is 9.47 Å². The monoisotopic (exact) mass is 218 g/mol. The molecule has 2 heteroatoms. The quantitative estimate of drug-likeness (QED) is 0.775. The average molecular weight is 218 g/mol. The number of hydrogen-bond donors (Lipinski definition) is 0. The van der Waals surface area contributed by atoms with Crippen LogP contribution in [0.1, 0.15) is 19.4 Å². The van der Waals surface area contributed by atoms with Gasteiger partial charge in [-0.1, -0.05) is 31.5 Å². The first-order valence-electron chi connectivity index (χ1n) is 5.59. The van der Waals surface area contributed by atoms with E-state index in [9.17, 15) is 0 Å². The van der Waals surface area contributed by atoms with Crippen LogP contribution in [0.15, 0.2) is 36.1 Å². The van der Waals surface area contributed by atoms with Crippen molar-refractivity contribution in [1.29, 1.82) is 0 Å². The molecule has 2 rings (SSSR count). The zero-order valence-corrected chi connectivity index (χ0v) is 10.1. The van der Waals surface area contributed by atoms with Crippen LogP contribution in [0.5, 0.6) is 5.75 Å². The van der Waals surface area contributed by atoms with Crippen molar-refractivity contribution in [3.63, 3.8) is 0 Å². The number of hydrogen-bond acceptors (Lipinski definition) is 2. The summed E-state index contributed by atoms with van der Waals surface area (Å²) < 4.78 is 11.2. The minimum atomic E-state index is 0.145. The SMILES string of the molecule is Cc1ccc(OCC2=CC(C)(C)CO2)cc1. The van der Waals surface area contributed by atoms with Gasteiger partial charge in [-0.25, -0.2) is 0 Å². The fraction of sp³-hybridized carbons (Fsp3) is 0.429. The highest BCUT2D eigenvalue weighted by Crippen LogP contribution is 2.28. The van der Waals surface area contributed by atoms with Crippen LogP contribution >= 0.6 is 0 Å². The van der Waals surface area contributed by atoms with Gasteiger partial charge in [0.15, 0.2) is 0 Å². The highest BCUT2D eigenvalue weighted by Gasteiger charge is 2.24. The van der Waals surface area contributed by atoms with Gasteiger partial charge >= 0.3 is 0 Å². The zero-order chi connectivity index (χ0) is 11.6. The van der Waals surface area contributed by atoms with Gasteiger partial charge in [0.2, 0.25) is 0 Å². The Morgan fingerprint density at radius 1 is 1.25 bits per heavy atom. The maximum atomic E-state index is 5.64. The molecule has 0 unspecified atom stereocenters. The molecule has 1 aromatic rings. The molecule has 1 aromatic carbocycles. The fourth-order valence-corrected chi connectivity index (χ4v) is 1.67. The van der Waals surface area contributed by atoms with Crippen molar-refractivity contribution < 1.29 is 9.47 Å². The van der Waals surface area contributed by atoms with E-state index < -0.39 is 0 Å². The average Bonchev–Trinajstić information content (AvgIpc) is 2.58. The molecule has 0 aliphatic carbocycles. The van der Waals surface area contributed by atoms with Gasteiger partial charge < -0.3 is 9.47 Å². The van der Waals surface area contributed by atoms with E-state index in [-0.39, 0.29) is 5.41 Å². The Morgan fingerprint density at radius 2 is 1.94 bits per heavy atom. The number of aryl methyl sites for hydroxylation is 1. The molecule has 1 aliphatic rings. The van der Waals surface area contributed by atoms with Gasteiger partial charge in [-0.2, -0.15) is 0 Å². The molecule has 0 saturated heterocycles. The summed E-state index contributed by atoms with van der Waals surface area (Å²) in [4.78, 5) is 0. The normalized spacial score (nSPS) is 17.8. The predicted octanol–water partition coefficient (Wildman–Crippen LogP) is 3.31. The van der Waals surface area contributed by atoms with Gasteiger partial charge in [-0.15, -0.1) is 0 Å². The molecular weight excluding hydrogens is 200 g/mol. The number of rotatable bonds is 3. The smallest absolute Gasteiger partial charge is 0.145 e. The Hall–Kier alpha value is -1.44. The van der Waals surface area contributed by atoms with Crippen molar-refractivity contribution in [3.8, 4) is 5.75 Å². The summed E-state index contributed by atoms with van der Waals surface area (Å²) in [5.41, 5.74) is 1.39. The summed E-state index contributed by atoms with van der Waals surface area (Å²) in [6, 6.07) is 8.05. The van der Waals surface area contributed by atoms with E-state index in [0.717, 1.165) is 18.1 Å². The number of benzene rings is 1. The van der Waals surface area contributed by atoms with Crippen molar-refractivity contribution >= 4 is 0 Å². The number of ether oxygens (including phenoxy) is 2. The third-order valence-electron chi connectivity index (χ3n) is 2.58. The van der Waals surface area contributed by atoms with Crippen molar-refractivity contribution in [2.24, 2.45) is 5.41 Å². The van der Waals surface area contributed by atoms with Crippen LogP contribution in [0, 0.1) is 12.3 Å². The van der Waals surface area contributed by atoms with Crippen molar-refractivity contribution in [2.45, 2.75) is 20.8 Å². The molecule has 0 aromatic heterocycles. The van der Waals surface area contributed by atoms with E-state index in [1.54, 1.807) is 0 Å². The maximum Gasteiger partial charge on any atom is 0.145 e. The predicted molar refractivity (Wildman–Crippen MR) is 64.5 cm³/mol. The lowest BCUT2D eigenvalue weighted by molar-refractivity contribution is 0.158. The fourth-order valence-electron chi connectivity index (χ4n) is 1.67. The van der Waals surface area contributed by atoms with E-state index in [0.29, 0.717) is 6.61 Å². The van der Waals surface area contributed by atoms with Crippen LogP contribution in [0.4, 0.5) is 0 Å². The highest BCUT2D eigenvalue weighted by atomic mass is 16.5. The summed E-state index contributed by atoms with van der Waals surface area (Å²) in [5.74, 6) is 1.82. The second-order valence-corrected chi connectivity index (χ2v) is 4.99. The summed E-state index contributed by atoms with van der Waals surface area (Å²) in [7, 11) is 0. The molecular formula is C14H18O2. The summed E-state index contributed by atoms with van der Waals surface area (Å²) in [5, 5.41) is 0. The molecule has 0 spiro atoms. The van der Waals surface area contributed by atoms with Gasteiger partial charge in [0, 0.05) is 5.41 Å². The van der Waals surface area contributed by atoms with Gasteiger partial charge in [0.1, 0.15) is 18.1 Å². The molecule has 0 bridgehead atoms. The Bertz CT molecular complexity index is 388. The lowest BCUT2D eigenvalue weighted by atomic mass is 9.96. The maximum absolute atomic E-state index is 5.64. The molecule has 0 N–H and O–H groups in total. The summed E-state index contributed by atoms with van der Waals surface area (Å²) in [6.07, 6.45) is 2.14. The molecule has 2 nitrogen and oxygen atoms in total. The molecule has 1 aliphatic heterocycles. The van der Waals surface area contributed by atoms with Crippen LogP contribution < -0.4 is 4.74 Å². The first-order valence-corrected chi connectivity index (χ1v) is 5.59. The molecule has 0 saturated carbocycles. The lowest BCUT2D eigenvalue weighted by Crippen LogP contribution is -2.08. The van der Waals surface area contributed by atoms with Gasteiger partial charge in [-0.05, 0) is 25.1 Å². The lowest BCUT2D eigenvalue weighted by Gasteiger charge is -2.10. The summed E-state index contributed by atoms with van der Waals surface area (Å²) >= 11 is 0. The van der Waals surface area contributed by atoms with Gasteiger partial charge in [0.05, 0.1) is 6.61 Å². The largest absolute Gasteiger partial charge is 0.494 e. The van der Waals surface area contributed by atoms with Crippen molar-refractivity contribution in [2.75, 3.05) is 13.2 Å². The summed E-state index contributed by atoms with van der Waals surface area (Å²) in [6.45, 7) is 7.65. The Labute approximate surface area is 96.9 Å². The van der Waals surface area contributed by atoms with E-state index >= 15 is 0 Å². The van der Waals surface area contributed by atoms with E-state index in [2.05, 4.69) is 26.8 Å². The molecule has 0 amide bonds. The molecule has 0 fully saturated rings. The third kappa shape index (κ3) is 2.78. The second kappa shape index (κ2) is 4.20. The minimum Gasteiger partial charge on any atom is -0.494 e. The third-order valence-corrected chi connectivity index (χ3v) is 2.58. The first-order chi connectivity index (χ1) is 7.55. The molecule has 86 valence electrons. The zero-order valence-electron chi connectivity index (χ0n) is 10.1. The van der Waals surface area contributed by atoms with Crippen LogP contribution in [0.2, 0.25) is 0 Å². The van der Waals surface area contributed by atoms with Crippen LogP contribution in [-0.4, -0.2) is 13.2 Å². The molecule has 16 heavy (non-hydrogen) atoms. The highest BCUT2D eigenvalue weighted by molar-refractivity contribution is 5.26. The topological polar surface area (TPSA) is 18.5 Å². The van der Waals surface area contributed by atoms with Crippen molar-refractivity contribution in [1.82, 2.24) is 0 Å². The Balaban J connectivity index is 1.91. The van der Waals surface area contributed by atoms with Crippen LogP contribution in [0.3, 0.4) is 0 Å². The Morgan fingerprint density at radius 3 is 2.50 bits per heavy atom. The Kier molecular flexibility index (Phi) is 2.90. The van der Waals surface area contributed by atoms with Gasteiger partial charge in [0.25, 0.3) is 0 Å². The van der Waals surface area contributed by atoms with E-state index in [1.165, 1.54) is 5.56 Å². The standard InChI is InChI=1S/C14H18O2/c1-11-4-6-12(7-5-11)15-9-13-8-14(2,3)10-16-13/h4-8H,9-10H2,1-3H3. The van der Waals surface area contributed by atoms with Gasteiger partial charge in [-0.3, -0.25) is 0 Å². The molecule has 0 atom stereocenters. The molecule has 1 heterocycles.